The fourth-order valence-electron chi connectivity index (χ4n) is 3.52. The van der Waals surface area contributed by atoms with Crippen molar-refractivity contribution < 1.29 is 4.74 Å². The molecule has 1 aromatic rings. The first-order valence-electron chi connectivity index (χ1n) is 7.30. The fourth-order valence-corrected chi connectivity index (χ4v) is 3.52. The molecule has 1 saturated carbocycles. The van der Waals surface area contributed by atoms with Crippen LogP contribution in [0.4, 0.5) is 0 Å². The van der Waals surface area contributed by atoms with Crippen LogP contribution < -0.4 is 5.32 Å². The number of nitrogens with zero attached hydrogens (tertiary/aromatic N) is 2. The van der Waals surface area contributed by atoms with Crippen LogP contribution in [0, 0.1) is 5.92 Å². The number of hydrogen-bond donors (Lipinski definition) is 1. The lowest BCUT2D eigenvalue weighted by atomic mass is 9.73. The molecule has 3 atom stereocenters. The SMILES string of the molecule is CNC(Cc1ccn(C)n1)C1(OC)CCCC(C)C1. The highest BCUT2D eigenvalue weighted by Gasteiger charge is 2.41. The Hall–Kier alpha value is -0.870. The lowest BCUT2D eigenvalue weighted by molar-refractivity contribution is -0.0777. The Labute approximate surface area is 116 Å². The molecule has 0 radical (unpaired) electrons. The molecule has 0 bridgehead atoms. The Kier molecular flexibility index (Phi) is 4.63. The number of methoxy groups -OCH3 is 1. The summed E-state index contributed by atoms with van der Waals surface area (Å²) in [6.07, 6.45) is 7.80. The molecule has 1 N–H and O–H groups in total. The van der Waals surface area contributed by atoms with Gasteiger partial charge in [0.25, 0.3) is 0 Å². The van der Waals surface area contributed by atoms with E-state index in [1.54, 1.807) is 0 Å². The van der Waals surface area contributed by atoms with E-state index in [4.69, 9.17) is 4.74 Å². The predicted octanol–water partition coefficient (Wildman–Crippen LogP) is 2.15. The van der Waals surface area contributed by atoms with Crippen LogP contribution in [0.2, 0.25) is 0 Å². The molecule has 3 unspecified atom stereocenters. The van der Waals surface area contributed by atoms with Crippen molar-refractivity contribution in [2.75, 3.05) is 14.2 Å². The van der Waals surface area contributed by atoms with Crippen molar-refractivity contribution in [3.05, 3.63) is 18.0 Å². The second kappa shape index (κ2) is 6.06. The van der Waals surface area contributed by atoms with Crippen molar-refractivity contribution >= 4 is 0 Å². The smallest absolute Gasteiger partial charge is 0.0837 e. The van der Waals surface area contributed by atoms with E-state index >= 15 is 0 Å². The molecule has 2 rings (SSSR count). The molecule has 0 aromatic carbocycles. The summed E-state index contributed by atoms with van der Waals surface area (Å²) in [7, 11) is 5.86. The Bertz CT molecular complexity index is 404. The van der Waals surface area contributed by atoms with Crippen LogP contribution in [-0.4, -0.2) is 35.6 Å². The second-order valence-corrected chi connectivity index (χ2v) is 6.00. The van der Waals surface area contributed by atoms with Gasteiger partial charge in [-0.1, -0.05) is 19.8 Å². The largest absolute Gasteiger partial charge is 0.377 e. The van der Waals surface area contributed by atoms with Gasteiger partial charge in [0.2, 0.25) is 0 Å². The maximum absolute atomic E-state index is 5.98. The zero-order valence-electron chi connectivity index (χ0n) is 12.6. The van der Waals surface area contributed by atoms with Crippen LogP contribution in [0.1, 0.15) is 38.3 Å². The average molecular weight is 265 g/mol. The van der Waals surface area contributed by atoms with E-state index < -0.39 is 0 Å². The summed E-state index contributed by atoms with van der Waals surface area (Å²) in [6, 6.07) is 2.43. The summed E-state index contributed by atoms with van der Waals surface area (Å²) < 4.78 is 7.85. The van der Waals surface area contributed by atoms with Gasteiger partial charge in [-0.15, -0.1) is 0 Å². The molecule has 1 aliphatic rings. The van der Waals surface area contributed by atoms with Crippen LogP contribution in [-0.2, 0) is 18.2 Å². The first-order valence-corrected chi connectivity index (χ1v) is 7.30. The molecule has 4 nitrogen and oxygen atoms in total. The zero-order valence-corrected chi connectivity index (χ0v) is 12.6. The molecule has 1 aromatic heterocycles. The predicted molar refractivity (Wildman–Crippen MR) is 77.1 cm³/mol. The van der Waals surface area contributed by atoms with Crippen LogP contribution in [0.5, 0.6) is 0 Å². The second-order valence-electron chi connectivity index (χ2n) is 6.00. The normalized spacial score (nSPS) is 29.4. The van der Waals surface area contributed by atoms with Crippen molar-refractivity contribution in [1.82, 2.24) is 15.1 Å². The van der Waals surface area contributed by atoms with Crippen molar-refractivity contribution in [3.8, 4) is 0 Å². The van der Waals surface area contributed by atoms with Crippen molar-refractivity contribution in [2.24, 2.45) is 13.0 Å². The van der Waals surface area contributed by atoms with Gasteiger partial charge in [0.1, 0.15) is 0 Å². The Morgan fingerprint density at radius 1 is 1.63 bits per heavy atom. The molecule has 1 heterocycles. The van der Waals surface area contributed by atoms with E-state index in [1.165, 1.54) is 12.8 Å². The maximum atomic E-state index is 5.98. The molecular weight excluding hydrogens is 238 g/mol. The van der Waals surface area contributed by atoms with Gasteiger partial charge in [0, 0.05) is 32.8 Å². The highest BCUT2D eigenvalue weighted by molar-refractivity contribution is 5.07. The van der Waals surface area contributed by atoms with Gasteiger partial charge in [-0.3, -0.25) is 4.68 Å². The van der Waals surface area contributed by atoms with E-state index in [0.29, 0.717) is 6.04 Å². The highest BCUT2D eigenvalue weighted by Crippen LogP contribution is 2.38. The first-order chi connectivity index (χ1) is 9.09. The van der Waals surface area contributed by atoms with E-state index in [-0.39, 0.29) is 5.60 Å². The topological polar surface area (TPSA) is 39.1 Å². The molecule has 19 heavy (non-hydrogen) atoms. The summed E-state index contributed by atoms with van der Waals surface area (Å²) in [4.78, 5) is 0. The summed E-state index contributed by atoms with van der Waals surface area (Å²) in [5.74, 6) is 0.744. The van der Waals surface area contributed by atoms with Crippen LogP contribution in [0.25, 0.3) is 0 Å². The number of aryl methyl sites for hydroxylation is 1. The third-order valence-electron chi connectivity index (χ3n) is 4.56. The van der Waals surface area contributed by atoms with Gasteiger partial charge in [-0.2, -0.15) is 5.10 Å². The minimum atomic E-state index is -0.0378. The van der Waals surface area contributed by atoms with Crippen LogP contribution >= 0.6 is 0 Å². The number of likely N-dealkylation sites (N-methyl/N-ethyl adjacent to an activating group) is 1. The van der Waals surface area contributed by atoms with E-state index in [1.807, 2.05) is 32.1 Å². The van der Waals surface area contributed by atoms with Gasteiger partial charge < -0.3 is 10.1 Å². The van der Waals surface area contributed by atoms with Gasteiger partial charge in [-0.05, 0) is 31.9 Å². The average Bonchev–Trinajstić information content (AvgIpc) is 2.81. The molecule has 0 amide bonds. The lowest BCUT2D eigenvalue weighted by Crippen LogP contribution is -2.54. The molecular formula is C15H27N3O. The molecule has 0 spiro atoms. The van der Waals surface area contributed by atoms with Crippen molar-refractivity contribution in [3.63, 3.8) is 0 Å². The summed E-state index contributed by atoms with van der Waals surface area (Å²) >= 11 is 0. The molecule has 0 saturated heterocycles. The summed E-state index contributed by atoms with van der Waals surface area (Å²) in [6.45, 7) is 2.33. The number of nitrogens with one attached hydrogen (secondary N) is 1. The molecule has 4 heteroatoms. The standard InChI is InChI=1S/C15H27N3O/c1-12-6-5-8-15(11-12,19-4)14(16-2)10-13-7-9-18(3)17-13/h7,9,12,14,16H,5-6,8,10-11H2,1-4H3. The Morgan fingerprint density at radius 2 is 2.42 bits per heavy atom. The minimum Gasteiger partial charge on any atom is -0.377 e. The molecule has 0 aliphatic heterocycles. The van der Waals surface area contributed by atoms with E-state index in [2.05, 4.69) is 23.4 Å². The number of hydrogen-bond acceptors (Lipinski definition) is 3. The maximum Gasteiger partial charge on any atom is 0.0837 e. The number of rotatable bonds is 5. The van der Waals surface area contributed by atoms with Gasteiger partial charge >= 0.3 is 0 Å². The zero-order chi connectivity index (χ0) is 13.9. The third-order valence-corrected chi connectivity index (χ3v) is 4.56. The highest BCUT2D eigenvalue weighted by atomic mass is 16.5. The number of ether oxygens (including phenoxy) is 1. The van der Waals surface area contributed by atoms with E-state index in [0.717, 1.165) is 30.9 Å². The van der Waals surface area contributed by atoms with E-state index in [9.17, 15) is 0 Å². The van der Waals surface area contributed by atoms with Gasteiger partial charge in [0.05, 0.1) is 11.3 Å². The Balaban J connectivity index is 2.13. The lowest BCUT2D eigenvalue weighted by Gasteiger charge is -2.44. The van der Waals surface area contributed by atoms with Crippen molar-refractivity contribution in [2.45, 2.75) is 50.7 Å². The monoisotopic (exact) mass is 265 g/mol. The quantitative estimate of drug-likeness (QED) is 0.886. The molecule has 1 aliphatic carbocycles. The summed E-state index contributed by atoms with van der Waals surface area (Å²) in [5, 5.41) is 7.97. The van der Waals surface area contributed by atoms with Crippen molar-refractivity contribution in [1.29, 1.82) is 0 Å². The minimum absolute atomic E-state index is 0.0378. The third kappa shape index (κ3) is 3.18. The fraction of sp³-hybridized carbons (Fsp3) is 0.800. The Morgan fingerprint density at radius 3 is 2.95 bits per heavy atom. The van der Waals surface area contributed by atoms with Crippen LogP contribution in [0.3, 0.4) is 0 Å². The number of aromatic nitrogens is 2. The molecule has 108 valence electrons. The molecule has 1 fully saturated rings. The van der Waals surface area contributed by atoms with Gasteiger partial charge in [0.15, 0.2) is 0 Å². The summed E-state index contributed by atoms with van der Waals surface area (Å²) in [5.41, 5.74) is 1.10. The van der Waals surface area contributed by atoms with Gasteiger partial charge in [-0.25, -0.2) is 0 Å². The first kappa shape index (κ1) is 14.5. The van der Waals surface area contributed by atoms with Crippen LogP contribution in [0.15, 0.2) is 12.3 Å².